The fourth-order valence-corrected chi connectivity index (χ4v) is 7.41. The number of piperazine rings is 1. The molecule has 0 saturated carbocycles. The zero-order valence-corrected chi connectivity index (χ0v) is 23.4. The lowest BCUT2D eigenvalue weighted by atomic mass is 9.85. The van der Waals surface area contributed by atoms with Crippen LogP contribution < -0.4 is 15.0 Å². The van der Waals surface area contributed by atoms with Crippen molar-refractivity contribution in [3.8, 4) is 12.1 Å². The zero-order valence-electron chi connectivity index (χ0n) is 23.4. The summed E-state index contributed by atoms with van der Waals surface area (Å²) < 4.78 is 13.0. The van der Waals surface area contributed by atoms with Gasteiger partial charge in [-0.05, 0) is 81.1 Å². The Morgan fingerprint density at radius 3 is 2.62 bits per heavy atom. The van der Waals surface area contributed by atoms with E-state index in [1.807, 2.05) is 0 Å². The Morgan fingerprint density at radius 2 is 1.82 bits per heavy atom. The first-order valence-corrected chi connectivity index (χ1v) is 15.0. The maximum absolute atomic E-state index is 7.32. The molecule has 7 rings (SSSR count). The van der Waals surface area contributed by atoms with E-state index in [-0.39, 0.29) is 11.6 Å². The second-order valence-electron chi connectivity index (χ2n) is 11.6. The van der Waals surface area contributed by atoms with Crippen LogP contribution in [-0.2, 0) is 30.6 Å². The molecule has 3 saturated heterocycles. The number of rotatable bonds is 5. The van der Waals surface area contributed by atoms with Crippen LogP contribution in [0.2, 0.25) is 0 Å². The van der Waals surface area contributed by atoms with Crippen LogP contribution in [0.15, 0.2) is 18.2 Å². The van der Waals surface area contributed by atoms with E-state index in [1.54, 1.807) is 6.07 Å². The molecule has 1 aromatic carbocycles. The molecule has 0 spiro atoms. The lowest BCUT2D eigenvalue weighted by Gasteiger charge is -2.35. The van der Waals surface area contributed by atoms with Crippen LogP contribution in [0.1, 0.15) is 79.5 Å². The minimum absolute atomic E-state index is 0.0583. The monoisotopic (exact) mass is 530 g/mol. The molecule has 1 aliphatic carbocycles. The van der Waals surface area contributed by atoms with E-state index in [1.165, 1.54) is 88.1 Å². The van der Waals surface area contributed by atoms with Gasteiger partial charge in [0.15, 0.2) is 0 Å². The van der Waals surface area contributed by atoms with Gasteiger partial charge < -0.3 is 19.7 Å². The summed E-state index contributed by atoms with van der Waals surface area (Å²) in [7, 11) is 0. The van der Waals surface area contributed by atoms with Crippen LogP contribution in [0.25, 0.3) is 0 Å². The van der Waals surface area contributed by atoms with Crippen LogP contribution in [-0.4, -0.2) is 66.3 Å². The standard InChI is InChI=1S/C29H39N5O2.C2H3N/c1-2-8-22-21(6-1)7-3-9-23(22)26-18-25-24(19-35-26)27(33-16-12-30-13-17-33)32-28(31-25)36-20-29-10-4-14-34(29)15-5-11-29;1-2-3/h3,7,9,26,30H,1-2,4-6,8,10-20H2;1H3. The van der Waals surface area contributed by atoms with Gasteiger partial charge in [-0.1, -0.05) is 18.2 Å². The van der Waals surface area contributed by atoms with Crippen LogP contribution >= 0.6 is 0 Å². The quantitative estimate of drug-likeness (QED) is 0.618. The van der Waals surface area contributed by atoms with Gasteiger partial charge in [0.1, 0.15) is 12.4 Å². The van der Waals surface area contributed by atoms with Gasteiger partial charge in [0.25, 0.3) is 0 Å². The van der Waals surface area contributed by atoms with Crippen molar-refractivity contribution in [2.75, 3.05) is 50.8 Å². The maximum atomic E-state index is 7.32. The second kappa shape index (κ2) is 11.8. The molecule has 8 nitrogen and oxygen atoms in total. The lowest BCUT2D eigenvalue weighted by molar-refractivity contribution is 0.0247. The number of hydrogen-bond acceptors (Lipinski definition) is 8. The summed E-state index contributed by atoms with van der Waals surface area (Å²) in [5.74, 6) is 1.03. The fraction of sp³-hybridized carbons (Fsp3) is 0.645. The summed E-state index contributed by atoms with van der Waals surface area (Å²) >= 11 is 0. The summed E-state index contributed by atoms with van der Waals surface area (Å²) in [5, 5.41) is 10.8. The first-order chi connectivity index (χ1) is 19.2. The number of nitriles is 1. The Labute approximate surface area is 232 Å². The van der Waals surface area contributed by atoms with Crippen LogP contribution in [0, 0.1) is 11.3 Å². The number of benzene rings is 1. The molecule has 3 fully saturated rings. The lowest BCUT2D eigenvalue weighted by Crippen LogP contribution is -2.45. The minimum atomic E-state index is 0.0583. The van der Waals surface area contributed by atoms with Gasteiger partial charge in [-0.3, -0.25) is 4.90 Å². The molecule has 0 bridgehead atoms. The molecule has 2 aromatic rings. The van der Waals surface area contributed by atoms with E-state index >= 15 is 0 Å². The molecule has 4 aliphatic heterocycles. The number of hydrogen-bond donors (Lipinski definition) is 1. The van der Waals surface area contributed by atoms with Gasteiger partial charge in [0.2, 0.25) is 0 Å². The Kier molecular flexibility index (Phi) is 8.01. The zero-order chi connectivity index (χ0) is 26.7. The van der Waals surface area contributed by atoms with E-state index in [2.05, 4.69) is 33.3 Å². The Balaban J connectivity index is 0.000000883. The number of aromatic nitrogens is 2. The molecular weight excluding hydrogens is 488 g/mol. The highest BCUT2D eigenvalue weighted by Gasteiger charge is 2.45. The van der Waals surface area contributed by atoms with Crippen molar-refractivity contribution < 1.29 is 9.47 Å². The van der Waals surface area contributed by atoms with Crippen LogP contribution in [0.4, 0.5) is 5.82 Å². The molecule has 1 atom stereocenters. The third-order valence-corrected chi connectivity index (χ3v) is 9.33. The molecule has 1 N–H and O–H groups in total. The van der Waals surface area contributed by atoms with E-state index in [0.717, 1.165) is 49.7 Å². The number of aryl methyl sites for hydroxylation is 1. The summed E-state index contributed by atoms with van der Waals surface area (Å²) in [6.45, 7) is 8.99. The fourth-order valence-electron chi connectivity index (χ4n) is 7.41. The first kappa shape index (κ1) is 26.5. The van der Waals surface area contributed by atoms with Crippen molar-refractivity contribution in [3.63, 3.8) is 0 Å². The second-order valence-corrected chi connectivity index (χ2v) is 11.6. The number of fused-ring (bicyclic) bond motifs is 3. The molecule has 39 heavy (non-hydrogen) atoms. The predicted molar refractivity (Wildman–Crippen MR) is 151 cm³/mol. The molecule has 5 aliphatic rings. The van der Waals surface area contributed by atoms with E-state index < -0.39 is 0 Å². The molecule has 208 valence electrons. The third kappa shape index (κ3) is 5.37. The third-order valence-electron chi connectivity index (χ3n) is 9.33. The molecule has 1 aromatic heterocycles. The molecular formula is C31H42N6O2. The summed E-state index contributed by atoms with van der Waals surface area (Å²) in [6.07, 6.45) is 10.8. The average Bonchev–Trinajstić information content (AvgIpc) is 3.57. The SMILES string of the molecule is CC#N.c1cc2c(c(C3Cc4nc(OCC56CCCN5CCC6)nc(N5CCNCC5)c4CO3)c1)CCCC2. The summed E-state index contributed by atoms with van der Waals surface area (Å²) in [5.41, 5.74) is 6.87. The Bertz CT molecular complexity index is 1190. The highest BCUT2D eigenvalue weighted by Crippen LogP contribution is 2.40. The normalized spacial score (nSPS) is 23.6. The first-order valence-electron chi connectivity index (χ1n) is 15.0. The van der Waals surface area contributed by atoms with Crippen molar-refractivity contribution >= 4 is 5.82 Å². The highest BCUT2D eigenvalue weighted by atomic mass is 16.5. The topological polar surface area (TPSA) is 86.5 Å². The van der Waals surface area contributed by atoms with Gasteiger partial charge in [-0.2, -0.15) is 15.2 Å². The largest absolute Gasteiger partial charge is 0.461 e. The van der Waals surface area contributed by atoms with Crippen molar-refractivity contribution in [2.45, 2.75) is 83.0 Å². The Hall–Kier alpha value is -2.73. The van der Waals surface area contributed by atoms with Gasteiger partial charge in [0, 0.05) is 45.1 Å². The highest BCUT2D eigenvalue weighted by molar-refractivity contribution is 5.52. The van der Waals surface area contributed by atoms with E-state index in [0.29, 0.717) is 19.2 Å². The van der Waals surface area contributed by atoms with E-state index in [4.69, 9.17) is 24.7 Å². The number of anilines is 1. The molecule has 1 unspecified atom stereocenters. The predicted octanol–water partition coefficient (Wildman–Crippen LogP) is 4.12. The number of nitrogens with zero attached hydrogens (tertiary/aromatic N) is 5. The molecule has 0 amide bonds. The maximum Gasteiger partial charge on any atom is 0.318 e. The van der Waals surface area contributed by atoms with Crippen LogP contribution in [0.5, 0.6) is 6.01 Å². The van der Waals surface area contributed by atoms with Crippen LogP contribution in [0.3, 0.4) is 0 Å². The summed E-state index contributed by atoms with van der Waals surface area (Å²) in [4.78, 5) is 15.1. The van der Waals surface area contributed by atoms with Crippen molar-refractivity contribution in [1.82, 2.24) is 20.2 Å². The van der Waals surface area contributed by atoms with Crippen molar-refractivity contribution in [1.29, 1.82) is 5.26 Å². The molecule has 5 heterocycles. The average molecular weight is 531 g/mol. The van der Waals surface area contributed by atoms with Gasteiger partial charge in [-0.15, -0.1) is 0 Å². The number of ether oxygens (including phenoxy) is 2. The summed E-state index contributed by atoms with van der Waals surface area (Å²) in [6, 6.07) is 9.11. The Morgan fingerprint density at radius 1 is 1.05 bits per heavy atom. The van der Waals surface area contributed by atoms with E-state index in [9.17, 15) is 0 Å². The molecule has 0 radical (unpaired) electrons. The van der Waals surface area contributed by atoms with Gasteiger partial charge in [0.05, 0.1) is 30.0 Å². The van der Waals surface area contributed by atoms with Crippen molar-refractivity contribution in [3.05, 3.63) is 46.1 Å². The van der Waals surface area contributed by atoms with Gasteiger partial charge in [-0.25, -0.2) is 0 Å². The van der Waals surface area contributed by atoms with Crippen molar-refractivity contribution in [2.24, 2.45) is 0 Å². The minimum Gasteiger partial charge on any atom is -0.461 e. The smallest absolute Gasteiger partial charge is 0.318 e. The number of nitrogens with one attached hydrogen (secondary N) is 1. The van der Waals surface area contributed by atoms with Gasteiger partial charge >= 0.3 is 6.01 Å². The molecule has 8 heteroatoms.